The minimum absolute atomic E-state index is 0.217. The van der Waals surface area contributed by atoms with Crippen molar-refractivity contribution < 1.29 is 23.1 Å². The van der Waals surface area contributed by atoms with Crippen molar-refractivity contribution in [3.63, 3.8) is 0 Å². The summed E-state index contributed by atoms with van der Waals surface area (Å²) in [5, 5.41) is 1.26. The van der Waals surface area contributed by atoms with Gasteiger partial charge in [-0.05, 0) is 31.2 Å². The van der Waals surface area contributed by atoms with Crippen LogP contribution in [0, 0.1) is 0 Å². The molecule has 0 aliphatic rings. The van der Waals surface area contributed by atoms with E-state index in [0.29, 0.717) is 22.3 Å². The van der Waals surface area contributed by atoms with Crippen LogP contribution in [0.3, 0.4) is 0 Å². The third-order valence-corrected chi connectivity index (χ3v) is 4.49. The molecule has 2 aromatic carbocycles. The molecule has 0 aliphatic carbocycles. The molecule has 7 nitrogen and oxygen atoms in total. The molecule has 7 heteroatoms. The van der Waals surface area contributed by atoms with E-state index in [9.17, 15) is 14.4 Å². The van der Waals surface area contributed by atoms with Gasteiger partial charge in [-0.2, -0.15) is 0 Å². The number of rotatable bonds is 4. The second kappa shape index (κ2) is 7.27. The maximum atomic E-state index is 12.5. The van der Waals surface area contributed by atoms with E-state index in [1.807, 2.05) is 12.1 Å². The number of carbonyl (C=O) groups is 1. The molecule has 146 valence electrons. The van der Waals surface area contributed by atoms with E-state index in [0.717, 1.165) is 5.39 Å². The lowest BCUT2D eigenvalue weighted by atomic mass is 10.0. The average Bonchev–Trinajstić information content (AvgIpc) is 2.71. The number of carbonyl (C=O) groups excluding carboxylic acids is 1. The highest BCUT2D eigenvalue weighted by Gasteiger charge is 2.17. The number of fused-ring (bicyclic) bond motifs is 2. The van der Waals surface area contributed by atoms with Gasteiger partial charge in [-0.25, -0.2) is 14.4 Å². The Morgan fingerprint density at radius 3 is 2.52 bits per heavy atom. The van der Waals surface area contributed by atoms with Crippen LogP contribution in [0.15, 0.2) is 73.0 Å². The standard InChI is InChI=1S/C22H16O7/c1-12(21(24)26-2)27-14-7-8-15-16(11-20(23)28-19(15)10-14)17-9-13-5-3-4-6-18(13)29-22(17)25/h3-12H,1-2H3. The highest BCUT2D eigenvalue weighted by molar-refractivity contribution is 5.95. The molecule has 0 amide bonds. The predicted molar refractivity (Wildman–Crippen MR) is 106 cm³/mol. The summed E-state index contributed by atoms with van der Waals surface area (Å²) in [6.07, 6.45) is -0.833. The van der Waals surface area contributed by atoms with Crippen LogP contribution in [-0.2, 0) is 9.53 Å². The summed E-state index contributed by atoms with van der Waals surface area (Å²) in [5.41, 5.74) is 0.130. The van der Waals surface area contributed by atoms with Gasteiger partial charge in [-0.3, -0.25) is 0 Å². The zero-order valence-electron chi connectivity index (χ0n) is 15.6. The third kappa shape index (κ3) is 3.50. The Labute approximate surface area is 164 Å². The van der Waals surface area contributed by atoms with Crippen LogP contribution >= 0.6 is 0 Å². The lowest BCUT2D eigenvalue weighted by Crippen LogP contribution is -2.24. The Morgan fingerprint density at radius 2 is 1.72 bits per heavy atom. The first kappa shape index (κ1) is 18.5. The van der Waals surface area contributed by atoms with Crippen molar-refractivity contribution >= 4 is 27.9 Å². The Bertz CT molecular complexity index is 1350. The number of benzene rings is 2. The lowest BCUT2D eigenvalue weighted by Gasteiger charge is -2.13. The van der Waals surface area contributed by atoms with Gasteiger partial charge in [0, 0.05) is 28.5 Å². The van der Waals surface area contributed by atoms with E-state index in [2.05, 4.69) is 4.74 Å². The summed E-state index contributed by atoms with van der Waals surface area (Å²) in [6.45, 7) is 1.54. The van der Waals surface area contributed by atoms with Crippen molar-refractivity contribution in [1.29, 1.82) is 0 Å². The topological polar surface area (TPSA) is 96.0 Å². The van der Waals surface area contributed by atoms with Crippen molar-refractivity contribution in [2.24, 2.45) is 0 Å². The van der Waals surface area contributed by atoms with Crippen LogP contribution in [0.4, 0.5) is 0 Å². The Kier molecular flexibility index (Phi) is 4.64. The van der Waals surface area contributed by atoms with Crippen LogP contribution in [0.5, 0.6) is 5.75 Å². The van der Waals surface area contributed by atoms with E-state index in [4.69, 9.17) is 13.6 Å². The van der Waals surface area contributed by atoms with Crippen molar-refractivity contribution in [3.05, 3.63) is 75.4 Å². The molecule has 0 fully saturated rings. The molecule has 0 aliphatic heterocycles. The van der Waals surface area contributed by atoms with Crippen LogP contribution in [-0.4, -0.2) is 19.2 Å². The minimum Gasteiger partial charge on any atom is -0.479 e. The fraction of sp³-hybridized carbons (Fsp3) is 0.136. The lowest BCUT2D eigenvalue weighted by molar-refractivity contribution is -0.147. The van der Waals surface area contributed by atoms with Crippen molar-refractivity contribution in [2.75, 3.05) is 7.11 Å². The number of hydrogen-bond acceptors (Lipinski definition) is 7. The van der Waals surface area contributed by atoms with Gasteiger partial charge < -0.3 is 18.3 Å². The number of para-hydroxylation sites is 1. The van der Waals surface area contributed by atoms with Gasteiger partial charge >= 0.3 is 17.2 Å². The maximum absolute atomic E-state index is 12.5. The Morgan fingerprint density at radius 1 is 0.931 bits per heavy atom. The summed E-state index contributed by atoms with van der Waals surface area (Å²) in [5.74, 6) is -0.213. The quantitative estimate of drug-likeness (QED) is 0.387. The van der Waals surface area contributed by atoms with Crippen molar-refractivity contribution in [1.82, 2.24) is 0 Å². The number of methoxy groups -OCH3 is 1. The van der Waals surface area contributed by atoms with E-state index >= 15 is 0 Å². The second-order valence-corrected chi connectivity index (χ2v) is 6.41. The highest BCUT2D eigenvalue weighted by atomic mass is 16.6. The van der Waals surface area contributed by atoms with E-state index in [1.165, 1.54) is 19.2 Å². The second-order valence-electron chi connectivity index (χ2n) is 6.41. The Hall–Kier alpha value is -3.87. The van der Waals surface area contributed by atoms with Crippen LogP contribution in [0.1, 0.15) is 6.92 Å². The molecule has 1 atom stereocenters. The first-order valence-electron chi connectivity index (χ1n) is 8.82. The average molecular weight is 392 g/mol. The zero-order valence-corrected chi connectivity index (χ0v) is 15.6. The van der Waals surface area contributed by atoms with Crippen LogP contribution in [0.25, 0.3) is 33.1 Å². The van der Waals surface area contributed by atoms with Gasteiger partial charge in [0.15, 0.2) is 6.10 Å². The molecule has 0 saturated heterocycles. The van der Waals surface area contributed by atoms with Crippen LogP contribution < -0.4 is 16.0 Å². The molecule has 0 bridgehead atoms. The highest BCUT2D eigenvalue weighted by Crippen LogP contribution is 2.30. The zero-order chi connectivity index (χ0) is 20.5. The smallest absolute Gasteiger partial charge is 0.346 e. The number of esters is 1. The fourth-order valence-electron chi connectivity index (χ4n) is 3.11. The summed E-state index contributed by atoms with van der Waals surface area (Å²) >= 11 is 0. The van der Waals surface area contributed by atoms with Gasteiger partial charge in [-0.1, -0.05) is 18.2 Å². The molecule has 4 rings (SSSR count). The molecule has 1 unspecified atom stereocenters. The molecule has 2 heterocycles. The molecule has 4 aromatic rings. The first-order valence-corrected chi connectivity index (χ1v) is 8.82. The molecular formula is C22H16O7. The van der Waals surface area contributed by atoms with E-state index in [1.54, 1.807) is 37.3 Å². The monoisotopic (exact) mass is 392 g/mol. The van der Waals surface area contributed by atoms with E-state index in [-0.39, 0.29) is 11.1 Å². The van der Waals surface area contributed by atoms with Gasteiger partial charge in [-0.15, -0.1) is 0 Å². The van der Waals surface area contributed by atoms with Gasteiger partial charge in [0.05, 0.1) is 12.7 Å². The normalized spacial score (nSPS) is 12.1. The van der Waals surface area contributed by atoms with E-state index < -0.39 is 23.3 Å². The molecule has 29 heavy (non-hydrogen) atoms. The number of hydrogen-bond donors (Lipinski definition) is 0. The predicted octanol–water partition coefficient (Wildman–Crippen LogP) is 3.51. The summed E-state index contributed by atoms with van der Waals surface area (Å²) in [4.78, 5) is 36.2. The fourth-order valence-corrected chi connectivity index (χ4v) is 3.11. The first-order chi connectivity index (χ1) is 14.0. The molecule has 0 spiro atoms. The van der Waals surface area contributed by atoms with Crippen LogP contribution in [0.2, 0.25) is 0 Å². The molecule has 0 saturated carbocycles. The Balaban J connectivity index is 1.86. The summed E-state index contributed by atoms with van der Waals surface area (Å²) < 4.78 is 20.8. The van der Waals surface area contributed by atoms with Crippen molar-refractivity contribution in [2.45, 2.75) is 13.0 Å². The van der Waals surface area contributed by atoms with Gasteiger partial charge in [0.1, 0.15) is 16.9 Å². The largest absolute Gasteiger partial charge is 0.479 e. The maximum Gasteiger partial charge on any atom is 0.346 e. The number of ether oxygens (including phenoxy) is 2. The SMILES string of the molecule is COC(=O)C(C)Oc1ccc2c(-c3cc4ccccc4oc3=O)cc(=O)oc2c1. The minimum atomic E-state index is -0.833. The molecule has 0 N–H and O–H groups in total. The summed E-state index contributed by atoms with van der Waals surface area (Å²) in [6, 6.07) is 14.8. The molecule has 0 radical (unpaired) electrons. The van der Waals surface area contributed by atoms with Crippen molar-refractivity contribution in [3.8, 4) is 16.9 Å². The van der Waals surface area contributed by atoms with Gasteiger partial charge in [0.25, 0.3) is 0 Å². The molecular weight excluding hydrogens is 376 g/mol. The summed E-state index contributed by atoms with van der Waals surface area (Å²) in [7, 11) is 1.27. The molecule has 2 aromatic heterocycles. The third-order valence-electron chi connectivity index (χ3n) is 4.49. The van der Waals surface area contributed by atoms with Gasteiger partial charge in [0.2, 0.25) is 0 Å².